The number of carbonyl (C=O) groups is 1. The van der Waals surface area contributed by atoms with E-state index in [1.165, 1.54) is 18.9 Å². The van der Waals surface area contributed by atoms with Crippen LogP contribution in [0.4, 0.5) is 16.2 Å². The topological polar surface area (TPSA) is 70.2 Å². The van der Waals surface area contributed by atoms with E-state index in [9.17, 15) is 9.18 Å². The van der Waals surface area contributed by atoms with Crippen LogP contribution in [0.3, 0.4) is 0 Å². The molecule has 1 saturated heterocycles. The third kappa shape index (κ3) is 4.47. The van der Waals surface area contributed by atoms with E-state index in [0.29, 0.717) is 30.2 Å². The average molecular weight is 357 g/mol. The van der Waals surface area contributed by atoms with Gasteiger partial charge in [0, 0.05) is 43.5 Å². The summed E-state index contributed by atoms with van der Waals surface area (Å²) in [4.78, 5) is 23.3. The van der Waals surface area contributed by atoms with Crippen LogP contribution in [-0.2, 0) is 0 Å². The molecule has 2 N–H and O–H groups in total. The van der Waals surface area contributed by atoms with E-state index in [1.807, 2.05) is 13.0 Å². The zero-order chi connectivity index (χ0) is 18.5. The Hall–Kier alpha value is -2.70. The van der Waals surface area contributed by atoms with Crippen molar-refractivity contribution in [1.29, 1.82) is 0 Å². The van der Waals surface area contributed by atoms with E-state index < -0.39 is 0 Å². The number of anilines is 2. The first-order valence-electron chi connectivity index (χ1n) is 8.92. The van der Waals surface area contributed by atoms with Gasteiger partial charge in [0.2, 0.25) is 5.95 Å². The Morgan fingerprint density at radius 3 is 2.65 bits per heavy atom. The number of halogens is 1. The molecule has 1 amide bonds. The molecular formula is C19H24FN5O. The summed E-state index contributed by atoms with van der Waals surface area (Å²) in [6.07, 6.45) is 2.38. The van der Waals surface area contributed by atoms with E-state index in [-0.39, 0.29) is 11.7 Å². The van der Waals surface area contributed by atoms with Crippen molar-refractivity contribution in [2.24, 2.45) is 0 Å². The molecular weight excluding hydrogens is 333 g/mol. The molecule has 138 valence electrons. The lowest BCUT2D eigenvalue weighted by Crippen LogP contribution is -2.29. The molecule has 0 spiro atoms. The number of amides is 1. The Kier molecular flexibility index (Phi) is 5.65. The molecule has 1 aromatic carbocycles. The molecule has 0 unspecified atom stereocenters. The molecule has 1 aliphatic heterocycles. The van der Waals surface area contributed by atoms with Gasteiger partial charge < -0.3 is 15.5 Å². The van der Waals surface area contributed by atoms with Crippen molar-refractivity contribution in [3.05, 3.63) is 46.9 Å². The molecule has 26 heavy (non-hydrogen) atoms. The third-order valence-corrected chi connectivity index (χ3v) is 4.40. The van der Waals surface area contributed by atoms with Gasteiger partial charge in [-0.1, -0.05) is 6.07 Å². The Labute approximate surface area is 152 Å². The minimum atomic E-state index is -0.377. The highest BCUT2D eigenvalue weighted by molar-refractivity contribution is 5.94. The number of aromatic nitrogens is 2. The zero-order valence-electron chi connectivity index (χ0n) is 15.2. The zero-order valence-corrected chi connectivity index (χ0v) is 15.2. The Morgan fingerprint density at radius 2 is 1.92 bits per heavy atom. The van der Waals surface area contributed by atoms with Crippen molar-refractivity contribution in [2.75, 3.05) is 36.4 Å². The predicted octanol–water partition coefficient (Wildman–Crippen LogP) is 2.67. The summed E-state index contributed by atoms with van der Waals surface area (Å²) in [5.41, 5.74) is 1.74. The highest BCUT2D eigenvalue weighted by atomic mass is 19.1. The minimum absolute atomic E-state index is 0.298. The molecule has 0 saturated carbocycles. The maximum absolute atomic E-state index is 13.5. The summed E-state index contributed by atoms with van der Waals surface area (Å²) in [5.74, 6) is 0.825. The smallest absolute Gasteiger partial charge is 0.251 e. The molecule has 0 radical (unpaired) electrons. The van der Waals surface area contributed by atoms with Gasteiger partial charge in [0.05, 0.1) is 0 Å². The van der Waals surface area contributed by atoms with Crippen molar-refractivity contribution in [1.82, 2.24) is 15.3 Å². The summed E-state index contributed by atoms with van der Waals surface area (Å²) < 4.78 is 13.5. The molecule has 2 aromatic rings. The van der Waals surface area contributed by atoms with Gasteiger partial charge in [-0.3, -0.25) is 4.79 Å². The number of hydrogen-bond acceptors (Lipinski definition) is 5. The number of carbonyl (C=O) groups excluding carboxylic acids is 1. The van der Waals surface area contributed by atoms with Crippen LogP contribution in [-0.4, -0.2) is 42.1 Å². The number of rotatable bonds is 6. The fourth-order valence-corrected chi connectivity index (χ4v) is 2.93. The molecule has 6 nitrogen and oxygen atoms in total. The lowest BCUT2D eigenvalue weighted by molar-refractivity contribution is 0.0954. The average Bonchev–Trinajstić information content (AvgIpc) is 3.15. The predicted molar refractivity (Wildman–Crippen MR) is 100 cm³/mol. The summed E-state index contributed by atoms with van der Waals surface area (Å²) in [6.45, 7) is 6.55. The van der Waals surface area contributed by atoms with Gasteiger partial charge in [-0.05, 0) is 44.4 Å². The van der Waals surface area contributed by atoms with Gasteiger partial charge in [0.25, 0.3) is 5.91 Å². The Morgan fingerprint density at radius 1 is 1.15 bits per heavy atom. The highest BCUT2D eigenvalue weighted by Crippen LogP contribution is 2.19. The van der Waals surface area contributed by atoms with Crippen LogP contribution >= 0.6 is 0 Å². The van der Waals surface area contributed by atoms with Crippen molar-refractivity contribution < 1.29 is 9.18 Å². The van der Waals surface area contributed by atoms with E-state index in [2.05, 4.69) is 25.5 Å². The van der Waals surface area contributed by atoms with E-state index in [4.69, 9.17) is 0 Å². The van der Waals surface area contributed by atoms with Gasteiger partial charge in [0.15, 0.2) is 0 Å². The quantitative estimate of drug-likeness (QED) is 0.778. The molecule has 0 atom stereocenters. The number of aryl methyl sites for hydroxylation is 2. The number of nitrogens with one attached hydrogen (secondary N) is 2. The van der Waals surface area contributed by atoms with Crippen LogP contribution < -0.4 is 15.5 Å². The molecule has 0 aliphatic carbocycles. The fraction of sp³-hybridized carbons (Fsp3) is 0.421. The first-order chi connectivity index (χ1) is 12.5. The van der Waals surface area contributed by atoms with Crippen LogP contribution in [0, 0.1) is 19.7 Å². The summed E-state index contributed by atoms with van der Waals surface area (Å²) in [5, 5.41) is 5.91. The second kappa shape index (κ2) is 8.12. The van der Waals surface area contributed by atoms with Crippen LogP contribution in [0.1, 0.15) is 34.5 Å². The van der Waals surface area contributed by atoms with Gasteiger partial charge in [-0.2, -0.15) is 4.98 Å². The summed E-state index contributed by atoms with van der Waals surface area (Å²) in [6, 6.07) is 6.46. The van der Waals surface area contributed by atoms with Crippen LogP contribution in [0.15, 0.2) is 24.3 Å². The maximum Gasteiger partial charge on any atom is 0.251 e. The lowest BCUT2D eigenvalue weighted by Gasteiger charge is -2.17. The SMILES string of the molecule is Cc1cc(N2CCCC2)nc(NCCNC(=O)c2ccc(C)c(F)c2)n1. The molecule has 1 fully saturated rings. The van der Waals surface area contributed by atoms with E-state index in [0.717, 1.165) is 24.6 Å². The molecule has 7 heteroatoms. The van der Waals surface area contributed by atoms with Crippen LogP contribution in [0.5, 0.6) is 0 Å². The van der Waals surface area contributed by atoms with Gasteiger partial charge in [0.1, 0.15) is 11.6 Å². The molecule has 0 bridgehead atoms. The standard InChI is InChI=1S/C19H24FN5O/c1-13-5-6-15(12-16(13)20)18(26)21-7-8-22-19-23-14(2)11-17(24-19)25-9-3-4-10-25/h5-6,11-12H,3-4,7-10H2,1-2H3,(H,21,26)(H,22,23,24). The summed E-state index contributed by atoms with van der Waals surface area (Å²) in [7, 11) is 0. The second-order valence-corrected chi connectivity index (χ2v) is 6.53. The van der Waals surface area contributed by atoms with E-state index >= 15 is 0 Å². The number of benzene rings is 1. The van der Waals surface area contributed by atoms with Gasteiger partial charge >= 0.3 is 0 Å². The largest absolute Gasteiger partial charge is 0.356 e. The van der Waals surface area contributed by atoms with Crippen molar-refractivity contribution in [3.63, 3.8) is 0 Å². The monoisotopic (exact) mass is 357 g/mol. The molecule has 3 rings (SSSR count). The normalized spacial score (nSPS) is 13.7. The van der Waals surface area contributed by atoms with Crippen molar-refractivity contribution in [3.8, 4) is 0 Å². The first-order valence-corrected chi connectivity index (χ1v) is 8.92. The lowest BCUT2D eigenvalue weighted by atomic mass is 10.1. The molecule has 1 aromatic heterocycles. The first kappa shape index (κ1) is 18.1. The van der Waals surface area contributed by atoms with Gasteiger partial charge in [-0.15, -0.1) is 0 Å². The maximum atomic E-state index is 13.5. The molecule has 1 aliphatic rings. The van der Waals surface area contributed by atoms with E-state index in [1.54, 1.807) is 19.1 Å². The van der Waals surface area contributed by atoms with Crippen molar-refractivity contribution >= 4 is 17.7 Å². The number of nitrogens with zero attached hydrogens (tertiary/aromatic N) is 3. The Balaban J connectivity index is 1.51. The number of hydrogen-bond donors (Lipinski definition) is 2. The highest BCUT2D eigenvalue weighted by Gasteiger charge is 2.15. The summed E-state index contributed by atoms with van der Waals surface area (Å²) >= 11 is 0. The van der Waals surface area contributed by atoms with Gasteiger partial charge in [-0.25, -0.2) is 9.37 Å². The fourth-order valence-electron chi connectivity index (χ4n) is 2.93. The van der Waals surface area contributed by atoms with Crippen LogP contribution in [0.25, 0.3) is 0 Å². The Bertz CT molecular complexity index is 789. The minimum Gasteiger partial charge on any atom is -0.356 e. The van der Waals surface area contributed by atoms with Crippen LogP contribution in [0.2, 0.25) is 0 Å². The third-order valence-electron chi connectivity index (χ3n) is 4.40. The molecule has 2 heterocycles. The second-order valence-electron chi connectivity index (χ2n) is 6.53. The van der Waals surface area contributed by atoms with Crippen molar-refractivity contribution in [2.45, 2.75) is 26.7 Å².